The lowest BCUT2D eigenvalue weighted by atomic mass is 10.2. The van der Waals surface area contributed by atoms with Crippen LogP contribution in [0.5, 0.6) is 5.75 Å². The van der Waals surface area contributed by atoms with Crippen LogP contribution in [0.25, 0.3) is 0 Å². The Labute approximate surface area is 115 Å². The Bertz CT molecular complexity index is 597. The van der Waals surface area contributed by atoms with Crippen LogP contribution in [0.1, 0.15) is 16.1 Å². The van der Waals surface area contributed by atoms with Gasteiger partial charge >= 0.3 is 0 Å². The normalized spacial score (nSPS) is 10.1. The number of carbonyl (C=O) groups excluding carboxylic acids is 1. The molecule has 6 nitrogen and oxygen atoms in total. The van der Waals surface area contributed by atoms with Gasteiger partial charge in [-0.05, 0) is 24.5 Å². The van der Waals surface area contributed by atoms with Crippen LogP contribution < -0.4 is 15.4 Å². The van der Waals surface area contributed by atoms with Crippen molar-refractivity contribution in [1.29, 1.82) is 0 Å². The third-order valence-corrected chi connectivity index (χ3v) is 3.48. The topological polar surface area (TPSA) is 76.1 Å². The van der Waals surface area contributed by atoms with E-state index >= 15 is 0 Å². The molecule has 2 rings (SSSR count). The predicted molar refractivity (Wildman–Crippen MR) is 75.1 cm³/mol. The second-order valence-electron chi connectivity index (χ2n) is 3.76. The number of ether oxygens (including phenoxy) is 1. The van der Waals surface area contributed by atoms with Gasteiger partial charge in [-0.2, -0.15) is 4.37 Å². The summed E-state index contributed by atoms with van der Waals surface area (Å²) in [5, 5.41) is 6.42. The van der Waals surface area contributed by atoms with Crippen LogP contribution in [0.4, 0.5) is 10.8 Å². The standard InChI is InChI=1S/C12H14N4O2S/c1-7-10(12(13-2)19-16-7)11(17)15-9-6-8(18-3)4-5-14-9/h4-6,13H,1-3H3,(H,14,15,17). The van der Waals surface area contributed by atoms with E-state index in [1.54, 1.807) is 39.4 Å². The molecule has 0 atom stereocenters. The zero-order valence-corrected chi connectivity index (χ0v) is 11.7. The number of anilines is 2. The molecule has 1 amide bonds. The number of pyridine rings is 1. The van der Waals surface area contributed by atoms with Gasteiger partial charge in [-0.15, -0.1) is 0 Å². The van der Waals surface area contributed by atoms with Crippen LogP contribution in [0.15, 0.2) is 18.3 Å². The maximum absolute atomic E-state index is 12.2. The lowest BCUT2D eigenvalue weighted by Gasteiger charge is -2.07. The molecule has 2 heterocycles. The fourth-order valence-electron chi connectivity index (χ4n) is 1.59. The van der Waals surface area contributed by atoms with Gasteiger partial charge in [-0.1, -0.05) is 0 Å². The number of aromatic nitrogens is 2. The number of nitrogens with one attached hydrogen (secondary N) is 2. The third kappa shape index (κ3) is 2.82. The molecule has 19 heavy (non-hydrogen) atoms. The van der Waals surface area contributed by atoms with Gasteiger partial charge < -0.3 is 15.4 Å². The molecule has 100 valence electrons. The number of rotatable bonds is 4. The van der Waals surface area contributed by atoms with Gasteiger partial charge in [0.2, 0.25) is 0 Å². The molecule has 0 saturated heterocycles. The number of methoxy groups -OCH3 is 1. The van der Waals surface area contributed by atoms with Crippen molar-refractivity contribution < 1.29 is 9.53 Å². The van der Waals surface area contributed by atoms with E-state index in [0.29, 0.717) is 22.8 Å². The molecule has 0 radical (unpaired) electrons. The highest BCUT2D eigenvalue weighted by atomic mass is 32.1. The Balaban J connectivity index is 2.23. The zero-order valence-electron chi connectivity index (χ0n) is 10.9. The second kappa shape index (κ2) is 5.66. The van der Waals surface area contributed by atoms with Gasteiger partial charge in [0.15, 0.2) is 0 Å². The summed E-state index contributed by atoms with van der Waals surface area (Å²) in [6.45, 7) is 1.80. The van der Waals surface area contributed by atoms with E-state index in [1.807, 2.05) is 0 Å². The van der Waals surface area contributed by atoms with Gasteiger partial charge in [0, 0.05) is 19.3 Å². The SMILES string of the molecule is CNc1snc(C)c1C(=O)Nc1cc(OC)ccn1. The maximum Gasteiger partial charge on any atom is 0.261 e. The third-order valence-electron chi connectivity index (χ3n) is 2.53. The molecule has 7 heteroatoms. The van der Waals surface area contributed by atoms with Crippen LogP contribution in [0.3, 0.4) is 0 Å². The van der Waals surface area contributed by atoms with Crippen molar-refractivity contribution in [1.82, 2.24) is 9.36 Å². The molecular weight excluding hydrogens is 264 g/mol. The van der Waals surface area contributed by atoms with Crippen LogP contribution >= 0.6 is 11.5 Å². The van der Waals surface area contributed by atoms with Crippen molar-refractivity contribution in [2.75, 3.05) is 24.8 Å². The van der Waals surface area contributed by atoms with E-state index < -0.39 is 0 Å². The lowest BCUT2D eigenvalue weighted by Crippen LogP contribution is -2.14. The summed E-state index contributed by atoms with van der Waals surface area (Å²) < 4.78 is 9.24. The molecule has 0 fully saturated rings. The van der Waals surface area contributed by atoms with E-state index in [2.05, 4.69) is 20.0 Å². The molecule has 0 aliphatic carbocycles. The molecular formula is C12H14N4O2S. The number of hydrogen-bond acceptors (Lipinski definition) is 6. The highest BCUT2D eigenvalue weighted by Gasteiger charge is 2.18. The summed E-state index contributed by atoms with van der Waals surface area (Å²) in [6.07, 6.45) is 1.58. The molecule has 0 unspecified atom stereocenters. The van der Waals surface area contributed by atoms with Gasteiger partial charge in [0.1, 0.15) is 16.6 Å². The minimum Gasteiger partial charge on any atom is -0.497 e. The van der Waals surface area contributed by atoms with Gasteiger partial charge in [0.05, 0.1) is 18.4 Å². The fraction of sp³-hybridized carbons (Fsp3) is 0.250. The highest BCUT2D eigenvalue weighted by Crippen LogP contribution is 2.25. The van der Waals surface area contributed by atoms with Crippen LogP contribution in [0, 0.1) is 6.92 Å². The molecule has 2 aromatic rings. The molecule has 0 aliphatic rings. The summed E-state index contributed by atoms with van der Waals surface area (Å²) in [6, 6.07) is 3.37. The van der Waals surface area contributed by atoms with Crippen molar-refractivity contribution in [2.45, 2.75) is 6.92 Å². The Morgan fingerprint density at radius 2 is 2.26 bits per heavy atom. The van der Waals surface area contributed by atoms with Crippen LogP contribution in [0.2, 0.25) is 0 Å². The fourth-order valence-corrected chi connectivity index (χ4v) is 2.34. The first-order valence-electron chi connectivity index (χ1n) is 5.61. The van der Waals surface area contributed by atoms with Crippen molar-refractivity contribution in [3.05, 3.63) is 29.6 Å². The lowest BCUT2D eigenvalue weighted by molar-refractivity contribution is 0.102. The Kier molecular flexibility index (Phi) is 3.96. The van der Waals surface area contributed by atoms with Crippen molar-refractivity contribution in [3.8, 4) is 5.75 Å². The average Bonchev–Trinajstić information content (AvgIpc) is 2.80. The molecule has 0 saturated carbocycles. The smallest absolute Gasteiger partial charge is 0.261 e. The van der Waals surface area contributed by atoms with E-state index in [1.165, 1.54) is 11.5 Å². The van der Waals surface area contributed by atoms with E-state index in [4.69, 9.17) is 4.74 Å². The first kappa shape index (κ1) is 13.3. The number of aryl methyl sites for hydroxylation is 1. The highest BCUT2D eigenvalue weighted by molar-refractivity contribution is 7.10. The van der Waals surface area contributed by atoms with E-state index in [-0.39, 0.29) is 5.91 Å². The van der Waals surface area contributed by atoms with Gasteiger partial charge in [0.25, 0.3) is 5.91 Å². The summed E-state index contributed by atoms with van der Waals surface area (Å²) in [5.74, 6) is 0.840. The minimum atomic E-state index is -0.239. The summed E-state index contributed by atoms with van der Waals surface area (Å²) >= 11 is 1.26. The molecule has 2 N–H and O–H groups in total. The van der Waals surface area contributed by atoms with E-state index in [0.717, 1.165) is 5.00 Å². The molecule has 2 aromatic heterocycles. The largest absolute Gasteiger partial charge is 0.497 e. The van der Waals surface area contributed by atoms with Crippen LogP contribution in [-0.2, 0) is 0 Å². The van der Waals surface area contributed by atoms with Crippen molar-refractivity contribution in [2.24, 2.45) is 0 Å². The number of hydrogen-bond donors (Lipinski definition) is 2. The molecule has 0 spiro atoms. The minimum absolute atomic E-state index is 0.239. The molecule has 0 bridgehead atoms. The van der Waals surface area contributed by atoms with Crippen molar-refractivity contribution in [3.63, 3.8) is 0 Å². The van der Waals surface area contributed by atoms with E-state index in [9.17, 15) is 4.79 Å². The van der Waals surface area contributed by atoms with Gasteiger partial charge in [-0.25, -0.2) is 4.98 Å². The quantitative estimate of drug-likeness (QED) is 0.896. The summed E-state index contributed by atoms with van der Waals surface area (Å²) in [7, 11) is 3.32. The molecule has 0 aromatic carbocycles. The second-order valence-corrected chi connectivity index (χ2v) is 4.53. The zero-order chi connectivity index (χ0) is 13.8. The number of carbonyl (C=O) groups is 1. The number of nitrogens with zero attached hydrogens (tertiary/aromatic N) is 2. The predicted octanol–water partition coefficient (Wildman–Crippen LogP) is 2.15. The summed E-state index contributed by atoms with van der Waals surface area (Å²) in [4.78, 5) is 16.3. The number of amides is 1. The Hall–Kier alpha value is -2.15. The monoisotopic (exact) mass is 278 g/mol. The average molecular weight is 278 g/mol. The Morgan fingerprint density at radius 1 is 1.47 bits per heavy atom. The maximum atomic E-state index is 12.2. The first-order chi connectivity index (χ1) is 9.15. The molecule has 0 aliphatic heterocycles. The van der Waals surface area contributed by atoms with Crippen LogP contribution in [-0.4, -0.2) is 29.4 Å². The summed E-state index contributed by atoms with van der Waals surface area (Å²) in [5.41, 5.74) is 1.23. The van der Waals surface area contributed by atoms with Crippen molar-refractivity contribution >= 4 is 28.3 Å². The Morgan fingerprint density at radius 3 is 2.95 bits per heavy atom. The van der Waals surface area contributed by atoms with Gasteiger partial charge in [-0.3, -0.25) is 4.79 Å². The first-order valence-corrected chi connectivity index (χ1v) is 6.38.